The van der Waals surface area contributed by atoms with Crippen molar-refractivity contribution >= 4 is 5.91 Å². The van der Waals surface area contributed by atoms with Gasteiger partial charge in [0.25, 0.3) is 0 Å². The monoisotopic (exact) mass is 222 g/mol. The van der Waals surface area contributed by atoms with Crippen LogP contribution in [0.3, 0.4) is 0 Å². The summed E-state index contributed by atoms with van der Waals surface area (Å²) in [5.41, 5.74) is -0.347. The Bertz CT molecular complexity index is 316. The first-order valence-electron chi connectivity index (χ1n) is 5.79. The summed E-state index contributed by atoms with van der Waals surface area (Å²) in [7, 11) is 2.02. The minimum atomic E-state index is -0.347. The Balaban J connectivity index is 2.19. The third kappa shape index (κ3) is 1.68. The molecule has 0 aliphatic carbocycles. The Morgan fingerprint density at radius 1 is 1.44 bits per heavy atom. The molecule has 0 aromatic heterocycles. The maximum Gasteiger partial charge on any atom is 0.244 e. The summed E-state index contributed by atoms with van der Waals surface area (Å²) in [6, 6.07) is 2.08. The molecule has 0 aromatic carbocycles. The second-order valence-electron chi connectivity index (χ2n) is 4.59. The summed E-state index contributed by atoms with van der Waals surface area (Å²) in [5, 5.41) is 12.0. The molecule has 16 heavy (non-hydrogen) atoms. The molecule has 5 heteroatoms. The number of rotatable bonds is 1. The Kier molecular flexibility index (Phi) is 3.13. The number of piperidine rings is 1. The molecule has 2 fully saturated rings. The van der Waals surface area contributed by atoms with Crippen LogP contribution >= 0.6 is 0 Å². The van der Waals surface area contributed by atoms with Gasteiger partial charge in [-0.2, -0.15) is 5.26 Å². The predicted octanol–water partition coefficient (Wildman–Crippen LogP) is -0.594. The van der Waals surface area contributed by atoms with Gasteiger partial charge in [-0.25, -0.2) is 0 Å². The van der Waals surface area contributed by atoms with Crippen molar-refractivity contribution in [3.05, 3.63) is 0 Å². The SMILES string of the molecule is CN1CCN(CC#N)C(=O)C12CCNCC2. The summed E-state index contributed by atoms with van der Waals surface area (Å²) in [4.78, 5) is 16.3. The van der Waals surface area contributed by atoms with E-state index in [-0.39, 0.29) is 18.0 Å². The minimum Gasteiger partial charge on any atom is -0.326 e. The standard InChI is InChI=1S/C11H18N4O/c1-14-8-9-15(7-4-12)10(16)11(14)2-5-13-6-3-11/h13H,2-3,5-9H2,1H3. The van der Waals surface area contributed by atoms with Crippen molar-refractivity contribution in [2.45, 2.75) is 18.4 Å². The number of nitrogens with zero attached hydrogens (tertiary/aromatic N) is 3. The zero-order valence-electron chi connectivity index (χ0n) is 9.70. The highest BCUT2D eigenvalue weighted by atomic mass is 16.2. The molecule has 0 saturated carbocycles. The van der Waals surface area contributed by atoms with Gasteiger partial charge in [0.05, 0.1) is 6.07 Å². The molecule has 1 amide bonds. The smallest absolute Gasteiger partial charge is 0.244 e. The summed E-state index contributed by atoms with van der Waals surface area (Å²) in [6.07, 6.45) is 1.70. The highest BCUT2D eigenvalue weighted by molar-refractivity contribution is 5.87. The van der Waals surface area contributed by atoms with E-state index < -0.39 is 0 Å². The van der Waals surface area contributed by atoms with Crippen LogP contribution in [0.5, 0.6) is 0 Å². The van der Waals surface area contributed by atoms with E-state index in [9.17, 15) is 4.79 Å². The van der Waals surface area contributed by atoms with Gasteiger partial charge < -0.3 is 10.2 Å². The Morgan fingerprint density at radius 3 is 2.75 bits per heavy atom. The van der Waals surface area contributed by atoms with Gasteiger partial charge >= 0.3 is 0 Å². The average molecular weight is 222 g/mol. The second-order valence-corrected chi connectivity index (χ2v) is 4.59. The highest BCUT2D eigenvalue weighted by Gasteiger charge is 2.47. The van der Waals surface area contributed by atoms with Gasteiger partial charge in [-0.05, 0) is 33.0 Å². The number of nitrogens with one attached hydrogen (secondary N) is 1. The molecule has 0 aromatic rings. The number of carbonyl (C=O) groups excluding carboxylic acids is 1. The van der Waals surface area contributed by atoms with E-state index in [0.29, 0.717) is 6.54 Å². The molecule has 1 spiro atoms. The number of hydrogen-bond acceptors (Lipinski definition) is 4. The molecule has 2 aliphatic heterocycles. The van der Waals surface area contributed by atoms with E-state index in [1.807, 2.05) is 7.05 Å². The fraction of sp³-hybridized carbons (Fsp3) is 0.818. The Morgan fingerprint density at radius 2 is 2.12 bits per heavy atom. The number of piperazine rings is 1. The molecule has 2 rings (SSSR count). The topological polar surface area (TPSA) is 59.4 Å². The van der Waals surface area contributed by atoms with E-state index in [2.05, 4.69) is 16.3 Å². The van der Waals surface area contributed by atoms with Crippen LogP contribution in [0.4, 0.5) is 0 Å². The van der Waals surface area contributed by atoms with Crippen LogP contribution < -0.4 is 5.32 Å². The van der Waals surface area contributed by atoms with Crippen LogP contribution in [0.1, 0.15) is 12.8 Å². The summed E-state index contributed by atoms with van der Waals surface area (Å²) in [6.45, 7) is 3.54. The number of carbonyl (C=O) groups is 1. The van der Waals surface area contributed by atoms with Gasteiger partial charge in [-0.15, -0.1) is 0 Å². The number of amides is 1. The van der Waals surface area contributed by atoms with E-state index in [1.165, 1.54) is 0 Å². The number of hydrogen-bond donors (Lipinski definition) is 1. The van der Waals surface area contributed by atoms with E-state index >= 15 is 0 Å². The zero-order valence-corrected chi connectivity index (χ0v) is 9.70. The first kappa shape index (κ1) is 11.4. The van der Waals surface area contributed by atoms with Crippen molar-refractivity contribution < 1.29 is 4.79 Å². The molecular formula is C11H18N4O. The van der Waals surface area contributed by atoms with E-state index in [0.717, 1.165) is 32.5 Å². The lowest BCUT2D eigenvalue weighted by Crippen LogP contribution is -2.67. The normalized spacial score (nSPS) is 25.8. The second kappa shape index (κ2) is 4.40. The zero-order chi connectivity index (χ0) is 11.6. The molecule has 2 heterocycles. The molecule has 2 saturated heterocycles. The van der Waals surface area contributed by atoms with E-state index in [1.54, 1.807) is 4.90 Å². The fourth-order valence-electron chi connectivity index (χ4n) is 2.72. The predicted molar refractivity (Wildman–Crippen MR) is 59.7 cm³/mol. The molecule has 0 bridgehead atoms. The van der Waals surface area contributed by atoms with Crippen molar-refractivity contribution in [1.82, 2.24) is 15.1 Å². The molecule has 0 radical (unpaired) electrons. The van der Waals surface area contributed by atoms with E-state index in [4.69, 9.17) is 5.26 Å². The molecule has 1 N–H and O–H groups in total. The Hall–Kier alpha value is -1.12. The highest BCUT2D eigenvalue weighted by Crippen LogP contribution is 2.30. The van der Waals surface area contributed by atoms with Crippen molar-refractivity contribution in [3.8, 4) is 6.07 Å². The van der Waals surface area contributed by atoms with Gasteiger partial charge in [-0.3, -0.25) is 9.69 Å². The van der Waals surface area contributed by atoms with Crippen LogP contribution in [0.25, 0.3) is 0 Å². The molecule has 2 aliphatic rings. The van der Waals surface area contributed by atoms with Gasteiger partial charge in [0.15, 0.2) is 0 Å². The van der Waals surface area contributed by atoms with Crippen LogP contribution in [0, 0.1) is 11.3 Å². The fourth-order valence-corrected chi connectivity index (χ4v) is 2.72. The van der Waals surface area contributed by atoms with Crippen molar-refractivity contribution in [2.75, 3.05) is 39.8 Å². The quantitative estimate of drug-likeness (QED) is 0.602. The summed E-state index contributed by atoms with van der Waals surface area (Å²) >= 11 is 0. The summed E-state index contributed by atoms with van der Waals surface area (Å²) in [5.74, 6) is 0.143. The molecule has 0 atom stereocenters. The molecule has 5 nitrogen and oxygen atoms in total. The number of nitriles is 1. The Labute approximate surface area is 96.0 Å². The van der Waals surface area contributed by atoms with Crippen LogP contribution in [0.15, 0.2) is 0 Å². The maximum absolute atomic E-state index is 12.4. The lowest BCUT2D eigenvalue weighted by atomic mass is 9.83. The first-order chi connectivity index (χ1) is 7.70. The largest absolute Gasteiger partial charge is 0.326 e. The minimum absolute atomic E-state index is 0.143. The number of likely N-dealkylation sites (N-methyl/N-ethyl adjacent to an activating group) is 1. The van der Waals surface area contributed by atoms with Gasteiger partial charge in [0, 0.05) is 13.1 Å². The van der Waals surface area contributed by atoms with Gasteiger partial charge in [0.1, 0.15) is 12.1 Å². The van der Waals surface area contributed by atoms with Crippen LogP contribution in [-0.2, 0) is 4.79 Å². The lowest BCUT2D eigenvalue weighted by molar-refractivity contribution is -0.151. The van der Waals surface area contributed by atoms with Gasteiger partial charge in [0.2, 0.25) is 5.91 Å². The third-order valence-corrected chi connectivity index (χ3v) is 3.81. The van der Waals surface area contributed by atoms with Crippen molar-refractivity contribution in [2.24, 2.45) is 0 Å². The molecular weight excluding hydrogens is 204 g/mol. The van der Waals surface area contributed by atoms with Crippen molar-refractivity contribution in [1.29, 1.82) is 5.26 Å². The molecule has 88 valence electrons. The molecule has 0 unspecified atom stereocenters. The lowest BCUT2D eigenvalue weighted by Gasteiger charge is -2.49. The maximum atomic E-state index is 12.4. The first-order valence-corrected chi connectivity index (χ1v) is 5.79. The third-order valence-electron chi connectivity index (χ3n) is 3.81. The van der Waals surface area contributed by atoms with Crippen LogP contribution in [-0.4, -0.2) is 61.0 Å². The van der Waals surface area contributed by atoms with Crippen molar-refractivity contribution in [3.63, 3.8) is 0 Å². The van der Waals surface area contributed by atoms with Crippen LogP contribution in [0.2, 0.25) is 0 Å². The van der Waals surface area contributed by atoms with Gasteiger partial charge in [-0.1, -0.05) is 0 Å². The summed E-state index contributed by atoms with van der Waals surface area (Å²) < 4.78 is 0. The average Bonchev–Trinajstić information content (AvgIpc) is 2.32.